The molecule has 0 aliphatic rings. The number of carbonyl (C=O) groups is 1. The monoisotopic (exact) mass is 310 g/mol. The van der Waals surface area contributed by atoms with Crippen LogP contribution in [0.15, 0.2) is 6.07 Å². The number of nitro groups is 1. The van der Waals surface area contributed by atoms with Crippen molar-refractivity contribution in [1.82, 2.24) is 4.98 Å². The van der Waals surface area contributed by atoms with Gasteiger partial charge in [0.15, 0.2) is 0 Å². The zero-order valence-electron chi connectivity index (χ0n) is 10.8. The molecule has 0 unspecified atom stereocenters. The van der Waals surface area contributed by atoms with E-state index in [-0.39, 0.29) is 6.61 Å². The number of alkyl halides is 3. The van der Waals surface area contributed by atoms with E-state index in [1.54, 1.807) is 0 Å². The fourth-order valence-electron chi connectivity index (χ4n) is 1.34. The third-order valence-electron chi connectivity index (χ3n) is 2.02. The minimum Gasteiger partial charge on any atom is -0.488 e. The SMILES string of the molecule is CCOC(=O)c1nc(OC(F)(F)F)cc([N+](=O)[O-])c1OC. The van der Waals surface area contributed by atoms with Crippen LogP contribution in [-0.2, 0) is 4.74 Å². The number of carbonyl (C=O) groups excluding carboxylic acids is 1. The number of pyridine rings is 1. The number of hydrogen-bond acceptors (Lipinski definition) is 7. The number of hydrogen-bond donors (Lipinski definition) is 0. The van der Waals surface area contributed by atoms with Gasteiger partial charge in [-0.2, -0.15) is 0 Å². The van der Waals surface area contributed by atoms with Gasteiger partial charge in [-0.3, -0.25) is 10.1 Å². The quantitative estimate of drug-likeness (QED) is 0.466. The zero-order valence-corrected chi connectivity index (χ0v) is 10.8. The lowest BCUT2D eigenvalue weighted by molar-refractivity contribution is -0.386. The third-order valence-corrected chi connectivity index (χ3v) is 2.02. The Bertz CT molecular complexity index is 560. The van der Waals surface area contributed by atoms with Crippen LogP contribution in [0.5, 0.6) is 11.6 Å². The van der Waals surface area contributed by atoms with Crippen molar-refractivity contribution in [2.75, 3.05) is 13.7 Å². The number of nitrogens with zero attached hydrogens (tertiary/aromatic N) is 2. The van der Waals surface area contributed by atoms with Crippen molar-refractivity contribution in [2.24, 2.45) is 0 Å². The second kappa shape index (κ2) is 6.24. The highest BCUT2D eigenvalue weighted by Crippen LogP contribution is 2.35. The molecule has 1 aromatic heterocycles. The summed E-state index contributed by atoms with van der Waals surface area (Å²) in [5.74, 6) is -2.96. The Kier molecular flexibility index (Phi) is 4.89. The topological polar surface area (TPSA) is 101 Å². The first-order valence-electron chi connectivity index (χ1n) is 5.35. The van der Waals surface area contributed by atoms with Crippen LogP contribution >= 0.6 is 0 Å². The maximum absolute atomic E-state index is 12.2. The number of methoxy groups -OCH3 is 1. The molecule has 1 heterocycles. The van der Waals surface area contributed by atoms with Crippen LogP contribution in [0.1, 0.15) is 17.4 Å². The summed E-state index contributed by atoms with van der Waals surface area (Å²) in [6.45, 7) is 1.33. The summed E-state index contributed by atoms with van der Waals surface area (Å²) in [5.41, 5.74) is -1.69. The Hall–Kier alpha value is -2.59. The summed E-state index contributed by atoms with van der Waals surface area (Å²) >= 11 is 0. The summed E-state index contributed by atoms with van der Waals surface area (Å²) in [4.78, 5) is 24.6. The Morgan fingerprint density at radius 3 is 2.52 bits per heavy atom. The van der Waals surface area contributed by atoms with Crippen LogP contribution < -0.4 is 9.47 Å². The van der Waals surface area contributed by atoms with E-state index in [0.717, 1.165) is 7.11 Å². The van der Waals surface area contributed by atoms with Crippen LogP contribution in [0.25, 0.3) is 0 Å². The molecule has 1 aromatic rings. The molecule has 8 nitrogen and oxygen atoms in total. The van der Waals surface area contributed by atoms with Crippen molar-refractivity contribution in [3.05, 3.63) is 21.9 Å². The molecule has 0 atom stereocenters. The van der Waals surface area contributed by atoms with Crippen molar-refractivity contribution < 1.29 is 37.1 Å². The van der Waals surface area contributed by atoms with E-state index in [9.17, 15) is 28.1 Å². The molecule has 0 fully saturated rings. The van der Waals surface area contributed by atoms with E-state index in [4.69, 9.17) is 0 Å². The molecule has 0 spiro atoms. The molecule has 0 radical (unpaired) electrons. The van der Waals surface area contributed by atoms with Crippen LogP contribution in [0.2, 0.25) is 0 Å². The van der Waals surface area contributed by atoms with E-state index in [1.807, 2.05) is 0 Å². The molecule has 11 heteroatoms. The molecule has 0 saturated heterocycles. The zero-order chi connectivity index (χ0) is 16.2. The molecule has 116 valence electrons. The van der Waals surface area contributed by atoms with Gasteiger partial charge in [-0.05, 0) is 6.92 Å². The smallest absolute Gasteiger partial charge is 0.488 e. The summed E-state index contributed by atoms with van der Waals surface area (Å²) in [6, 6.07) is 0.398. The minimum absolute atomic E-state index is 0.109. The van der Waals surface area contributed by atoms with Gasteiger partial charge in [0.25, 0.3) is 0 Å². The molecule has 0 aliphatic carbocycles. The molecular weight excluding hydrogens is 301 g/mol. The first-order valence-corrected chi connectivity index (χ1v) is 5.35. The van der Waals surface area contributed by atoms with Gasteiger partial charge < -0.3 is 14.2 Å². The van der Waals surface area contributed by atoms with Crippen LogP contribution in [0.4, 0.5) is 18.9 Å². The molecule has 0 bridgehead atoms. The maximum atomic E-state index is 12.2. The Labute approximate surface area is 115 Å². The van der Waals surface area contributed by atoms with Crippen molar-refractivity contribution in [3.8, 4) is 11.6 Å². The molecular formula is C10H9F3N2O6. The largest absolute Gasteiger partial charge is 0.574 e. The Morgan fingerprint density at radius 2 is 2.10 bits per heavy atom. The number of rotatable bonds is 5. The van der Waals surface area contributed by atoms with E-state index in [1.165, 1.54) is 6.92 Å². The van der Waals surface area contributed by atoms with Gasteiger partial charge >= 0.3 is 18.0 Å². The summed E-state index contributed by atoms with van der Waals surface area (Å²) in [5, 5.41) is 10.8. The molecule has 0 aromatic carbocycles. The number of halogens is 3. The predicted molar refractivity (Wildman–Crippen MR) is 60.1 cm³/mol. The van der Waals surface area contributed by atoms with Crippen molar-refractivity contribution >= 4 is 11.7 Å². The molecule has 0 amide bonds. The number of aromatic nitrogens is 1. The average Bonchev–Trinajstić information content (AvgIpc) is 2.35. The second-order valence-corrected chi connectivity index (χ2v) is 3.39. The molecule has 0 saturated carbocycles. The predicted octanol–water partition coefficient (Wildman–Crippen LogP) is 2.07. The standard InChI is InChI=1S/C10H9F3N2O6/c1-3-20-9(16)7-8(19-2)5(15(17)18)4-6(14-7)21-10(11,12)13/h4H,3H2,1-2H3. The summed E-state index contributed by atoms with van der Waals surface area (Å²) < 4.78 is 49.2. The van der Waals surface area contributed by atoms with Gasteiger partial charge in [0.1, 0.15) is 0 Å². The molecule has 0 N–H and O–H groups in total. The summed E-state index contributed by atoms with van der Waals surface area (Å²) in [7, 11) is 0.997. The lowest BCUT2D eigenvalue weighted by Gasteiger charge is -2.11. The highest BCUT2D eigenvalue weighted by Gasteiger charge is 2.35. The van der Waals surface area contributed by atoms with Gasteiger partial charge in [0, 0.05) is 0 Å². The third kappa shape index (κ3) is 4.19. The normalized spacial score (nSPS) is 10.9. The van der Waals surface area contributed by atoms with Gasteiger partial charge in [-0.15, -0.1) is 13.2 Å². The fraction of sp³-hybridized carbons (Fsp3) is 0.400. The number of esters is 1. The first kappa shape index (κ1) is 16.5. The van der Waals surface area contributed by atoms with E-state index >= 15 is 0 Å². The molecule has 0 aliphatic heterocycles. The lowest BCUT2D eigenvalue weighted by Crippen LogP contribution is -2.19. The maximum Gasteiger partial charge on any atom is 0.574 e. The van der Waals surface area contributed by atoms with Gasteiger partial charge in [0.2, 0.25) is 17.3 Å². The van der Waals surface area contributed by atoms with Crippen molar-refractivity contribution in [2.45, 2.75) is 13.3 Å². The average molecular weight is 310 g/mol. The van der Waals surface area contributed by atoms with Gasteiger partial charge in [0.05, 0.1) is 24.7 Å². The van der Waals surface area contributed by atoms with Crippen molar-refractivity contribution in [3.63, 3.8) is 0 Å². The second-order valence-electron chi connectivity index (χ2n) is 3.39. The number of ether oxygens (including phenoxy) is 3. The Morgan fingerprint density at radius 1 is 1.48 bits per heavy atom. The highest BCUT2D eigenvalue weighted by atomic mass is 19.4. The molecule has 1 rings (SSSR count). The first-order chi connectivity index (χ1) is 9.69. The van der Waals surface area contributed by atoms with Gasteiger partial charge in [-0.1, -0.05) is 0 Å². The fourth-order valence-corrected chi connectivity index (χ4v) is 1.34. The van der Waals surface area contributed by atoms with E-state index < -0.39 is 40.3 Å². The van der Waals surface area contributed by atoms with Crippen LogP contribution in [0, 0.1) is 10.1 Å². The van der Waals surface area contributed by atoms with E-state index in [0.29, 0.717) is 6.07 Å². The minimum atomic E-state index is -5.12. The molecule has 21 heavy (non-hydrogen) atoms. The Balaban J connectivity index is 3.44. The van der Waals surface area contributed by atoms with Crippen LogP contribution in [-0.4, -0.2) is 36.0 Å². The lowest BCUT2D eigenvalue weighted by atomic mass is 10.2. The van der Waals surface area contributed by atoms with E-state index in [2.05, 4.69) is 19.2 Å². The highest BCUT2D eigenvalue weighted by molar-refractivity contribution is 5.92. The van der Waals surface area contributed by atoms with Crippen molar-refractivity contribution in [1.29, 1.82) is 0 Å². The van der Waals surface area contributed by atoms with Gasteiger partial charge in [-0.25, -0.2) is 9.78 Å². The van der Waals surface area contributed by atoms with Crippen LogP contribution in [0.3, 0.4) is 0 Å². The summed E-state index contributed by atoms with van der Waals surface area (Å²) in [6.07, 6.45) is -5.12.